The van der Waals surface area contributed by atoms with Crippen LogP contribution in [0.3, 0.4) is 0 Å². The van der Waals surface area contributed by atoms with Crippen LogP contribution in [-0.2, 0) is 13.0 Å². The summed E-state index contributed by atoms with van der Waals surface area (Å²) in [6.45, 7) is 2.62. The molecule has 96 valence electrons. The van der Waals surface area contributed by atoms with Crippen molar-refractivity contribution >= 4 is 16.5 Å². The van der Waals surface area contributed by atoms with Crippen LogP contribution in [0.5, 0.6) is 5.75 Å². The number of anilines is 1. The minimum Gasteiger partial charge on any atom is -0.487 e. The molecular formula is C13H17N3OS. The summed E-state index contributed by atoms with van der Waals surface area (Å²) in [5, 5.41) is 8.04. The molecule has 5 heteroatoms. The second-order valence-corrected chi connectivity index (χ2v) is 4.74. The van der Waals surface area contributed by atoms with E-state index in [-0.39, 0.29) is 0 Å². The first-order valence-corrected chi connectivity index (χ1v) is 6.81. The molecule has 1 N–H and O–H groups in total. The third kappa shape index (κ3) is 3.20. The van der Waals surface area contributed by atoms with E-state index in [0.717, 1.165) is 29.3 Å². The van der Waals surface area contributed by atoms with Crippen LogP contribution >= 0.6 is 11.5 Å². The summed E-state index contributed by atoms with van der Waals surface area (Å²) in [7, 11) is 1.86. The number of nitrogens with zero attached hydrogens (tertiary/aromatic N) is 2. The van der Waals surface area contributed by atoms with Gasteiger partial charge in [-0.3, -0.25) is 0 Å². The van der Waals surface area contributed by atoms with E-state index in [0.29, 0.717) is 6.61 Å². The Labute approximate surface area is 111 Å². The third-order valence-corrected chi connectivity index (χ3v) is 3.41. The Balaban J connectivity index is 1.94. The van der Waals surface area contributed by atoms with Gasteiger partial charge in [-0.2, -0.15) is 0 Å². The monoisotopic (exact) mass is 263 g/mol. The lowest BCUT2D eigenvalue weighted by Gasteiger charge is -2.06. The van der Waals surface area contributed by atoms with Crippen LogP contribution in [0.1, 0.15) is 24.6 Å². The molecule has 1 aromatic heterocycles. The molecule has 0 atom stereocenters. The summed E-state index contributed by atoms with van der Waals surface area (Å²) >= 11 is 1.34. The van der Waals surface area contributed by atoms with Crippen LogP contribution in [-0.4, -0.2) is 16.6 Å². The fourth-order valence-corrected chi connectivity index (χ4v) is 2.20. The van der Waals surface area contributed by atoms with Gasteiger partial charge in [0.2, 0.25) is 0 Å². The van der Waals surface area contributed by atoms with Crippen LogP contribution in [0.4, 0.5) is 5.00 Å². The van der Waals surface area contributed by atoms with Gasteiger partial charge in [0, 0.05) is 18.6 Å². The topological polar surface area (TPSA) is 47.0 Å². The van der Waals surface area contributed by atoms with E-state index in [1.54, 1.807) is 0 Å². The zero-order chi connectivity index (χ0) is 12.8. The molecule has 0 spiro atoms. The maximum Gasteiger partial charge on any atom is 0.136 e. The predicted molar refractivity (Wildman–Crippen MR) is 74.2 cm³/mol. The summed E-state index contributed by atoms with van der Waals surface area (Å²) in [5.74, 6) is 0.866. The number of aromatic nitrogens is 2. The Morgan fingerprint density at radius 1 is 1.28 bits per heavy atom. The quantitative estimate of drug-likeness (QED) is 0.870. The van der Waals surface area contributed by atoms with E-state index in [9.17, 15) is 0 Å². The fraction of sp³-hybridized carbons (Fsp3) is 0.385. The minimum absolute atomic E-state index is 0.444. The van der Waals surface area contributed by atoms with Crippen molar-refractivity contribution < 1.29 is 4.74 Å². The maximum absolute atomic E-state index is 5.69. The molecule has 0 unspecified atom stereocenters. The Bertz CT molecular complexity index is 481. The van der Waals surface area contributed by atoms with Crippen molar-refractivity contribution in [3.8, 4) is 5.75 Å². The van der Waals surface area contributed by atoms with Crippen molar-refractivity contribution in [2.24, 2.45) is 0 Å². The van der Waals surface area contributed by atoms with Gasteiger partial charge in [0.1, 0.15) is 23.1 Å². The molecule has 1 heterocycles. The van der Waals surface area contributed by atoms with Gasteiger partial charge in [0.05, 0.1) is 0 Å². The smallest absolute Gasteiger partial charge is 0.136 e. The Morgan fingerprint density at radius 2 is 2.06 bits per heavy atom. The van der Waals surface area contributed by atoms with E-state index in [2.05, 4.69) is 34.0 Å². The van der Waals surface area contributed by atoms with Gasteiger partial charge >= 0.3 is 0 Å². The average molecular weight is 263 g/mol. The molecule has 2 rings (SSSR count). The van der Waals surface area contributed by atoms with E-state index < -0.39 is 0 Å². The van der Waals surface area contributed by atoms with Crippen molar-refractivity contribution in [2.75, 3.05) is 12.4 Å². The van der Waals surface area contributed by atoms with Crippen molar-refractivity contribution in [3.05, 3.63) is 35.5 Å². The van der Waals surface area contributed by atoms with Crippen molar-refractivity contribution in [3.63, 3.8) is 0 Å². The molecular weight excluding hydrogens is 246 g/mol. The van der Waals surface area contributed by atoms with E-state index in [4.69, 9.17) is 4.74 Å². The van der Waals surface area contributed by atoms with Gasteiger partial charge in [0.15, 0.2) is 0 Å². The first-order chi connectivity index (χ1) is 8.83. The molecule has 0 fully saturated rings. The molecule has 0 aliphatic rings. The summed E-state index contributed by atoms with van der Waals surface area (Å²) < 4.78 is 9.58. The van der Waals surface area contributed by atoms with Crippen LogP contribution in [0.15, 0.2) is 24.3 Å². The molecule has 0 bridgehead atoms. The molecule has 0 saturated carbocycles. The molecule has 0 amide bonds. The van der Waals surface area contributed by atoms with E-state index in [1.807, 2.05) is 19.2 Å². The van der Waals surface area contributed by atoms with Gasteiger partial charge in [-0.05, 0) is 24.1 Å². The molecule has 2 aromatic rings. The molecule has 0 saturated heterocycles. The standard InChI is InChI=1S/C13H17N3OS/c1-3-4-10-5-7-11(8-6-10)17-9-12-13(14-2)18-16-15-12/h5-8,14H,3-4,9H2,1-2H3. The lowest BCUT2D eigenvalue weighted by Crippen LogP contribution is -1.99. The Morgan fingerprint density at radius 3 is 2.72 bits per heavy atom. The lowest BCUT2D eigenvalue weighted by molar-refractivity contribution is 0.301. The maximum atomic E-state index is 5.69. The van der Waals surface area contributed by atoms with Crippen molar-refractivity contribution in [1.29, 1.82) is 0 Å². The van der Waals surface area contributed by atoms with Gasteiger partial charge in [0.25, 0.3) is 0 Å². The average Bonchev–Trinajstić information content (AvgIpc) is 2.86. The van der Waals surface area contributed by atoms with Gasteiger partial charge in [-0.15, -0.1) is 5.10 Å². The van der Waals surface area contributed by atoms with Crippen molar-refractivity contribution in [2.45, 2.75) is 26.4 Å². The van der Waals surface area contributed by atoms with Crippen LogP contribution in [0.25, 0.3) is 0 Å². The first kappa shape index (κ1) is 12.8. The largest absolute Gasteiger partial charge is 0.487 e. The highest BCUT2D eigenvalue weighted by molar-refractivity contribution is 7.10. The summed E-state index contributed by atoms with van der Waals surface area (Å²) in [6, 6.07) is 8.22. The molecule has 0 aliphatic carbocycles. The third-order valence-electron chi connectivity index (χ3n) is 2.62. The number of benzene rings is 1. The molecule has 0 radical (unpaired) electrons. The number of nitrogens with one attached hydrogen (secondary N) is 1. The van der Waals surface area contributed by atoms with Gasteiger partial charge < -0.3 is 10.1 Å². The first-order valence-electron chi connectivity index (χ1n) is 6.04. The van der Waals surface area contributed by atoms with Crippen LogP contribution in [0, 0.1) is 0 Å². The molecule has 1 aromatic carbocycles. The van der Waals surface area contributed by atoms with E-state index in [1.165, 1.54) is 17.1 Å². The SMILES string of the molecule is CCCc1ccc(OCc2nnsc2NC)cc1. The zero-order valence-electron chi connectivity index (χ0n) is 10.6. The second kappa shape index (κ2) is 6.35. The van der Waals surface area contributed by atoms with Crippen LogP contribution < -0.4 is 10.1 Å². The van der Waals surface area contributed by atoms with E-state index >= 15 is 0 Å². The highest BCUT2D eigenvalue weighted by Gasteiger charge is 2.06. The fourth-order valence-electron chi connectivity index (χ4n) is 1.69. The summed E-state index contributed by atoms with van der Waals surface area (Å²) in [4.78, 5) is 0. The molecule has 0 aliphatic heterocycles. The number of aryl methyl sites for hydroxylation is 1. The second-order valence-electron chi connectivity index (χ2n) is 3.98. The minimum atomic E-state index is 0.444. The number of hydrogen-bond donors (Lipinski definition) is 1. The Kier molecular flexibility index (Phi) is 4.52. The summed E-state index contributed by atoms with van der Waals surface area (Å²) in [6.07, 6.45) is 2.27. The Hall–Kier alpha value is -1.62. The summed E-state index contributed by atoms with van der Waals surface area (Å²) in [5.41, 5.74) is 2.19. The highest BCUT2D eigenvalue weighted by atomic mass is 32.1. The van der Waals surface area contributed by atoms with Crippen LogP contribution in [0.2, 0.25) is 0 Å². The predicted octanol–water partition coefficient (Wildman–Crippen LogP) is 3.11. The molecule has 18 heavy (non-hydrogen) atoms. The van der Waals surface area contributed by atoms with Gasteiger partial charge in [-0.25, -0.2) is 0 Å². The highest BCUT2D eigenvalue weighted by Crippen LogP contribution is 2.20. The number of ether oxygens (including phenoxy) is 1. The number of rotatable bonds is 6. The number of hydrogen-bond acceptors (Lipinski definition) is 5. The normalized spacial score (nSPS) is 10.3. The van der Waals surface area contributed by atoms with Gasteiger partial charge in [-0.1, -0.05) is 30.0 Å². The zero-order valence-corrected chi connectivity index (χ0v) is 11.5. The molecule has 4 nitrogen and oxygen atoms in total. The van der Waals surface area contributed by atoms with Crippen molar-refractivity contribution in [1.82, 2.24) is 9.59 Å². The lowest BCUT2D eigenvalue weighted by atomic mass is 10.1.